The van der Waals surface area contributed by atoms with Gasteiger partial charge in [-0.2, -0.15) is 0 Å². The third kappa shape index (κ3) is 4.04. The van der Waals surface area contributed by atoms with Crippen molar-refractivity contribution in [1.29, 1.82) is 0 Å². The molecule has 2 N–H and O–H groups in total. The minimum absolute atomic E-state index is 0.00261. The third-order valence-corrected chi connectivity index (χ3v) is 3.66. The molecule has 0 aromatic carbocycles. The van der Waals surface area contributed by atoms with Crippen molar-refractivity contribution in [2.45, 2.75) is 32.7 Å². The zero-order chi connectivity index (χ0) is 15.2. The summed E-state index contributed by atoms with van der Waals surface area (Å²) in [6.45, 7) is 6.30. The topological polar surface area (TPSA) is 89.3 Å². The van der Waals surface area contributed by atoms with Crippen molar-refractivity contribution in [2.75, 3.05) is 30.4 Å². The largest absolute Gasteiger partial charge is 0.381 e. The number of pyridine rings is 1. The van der Waals surface area contributed by atoms with Gasteiger partial charge in [0.15, 0.2) is 0 Å². The zero-order valence-electron chi connectivity index (χ0n) is 12.5. The SMILES string of the molecule is CCCNc1ccc([N+](=O)[O-])c(NC(C)C2CCOC2)n1. The highest BCUT2D eigenvalue weighted by Crippen LogP contribution is 2.27. The molecule has 116 valence electrons. The van der Waals surface area contributed by atoms with Crippen LogP contribution in [0.4, 0.5) is 17.3 Å². The fourth-order valence-corrected chi connectivity index (χ4v) is 2.34. The van der Waals surface area contributed by atoms with Crippen LogP contribution in [0.3, 0.4) is 0 Å². The minimum Gasteiger partial charge on any atom is -0.381 e. The Balaban J connectivity index is 2.14. The Bertz CT molecular complexity index is 489. The van der Waals surface area contributed by atoms with Gasteiger partial charge in [0.1, 0.15) is 5.82 Å². The van der Waals surface area contributed by atoms with E-state index in [1.807, 2.05) is 6.92 Å². The second-order valence-electron chi connectivity index (χ2n) is 5.30. The summed E-state index contributed by atoms with van der Waals surface area (Å²) >= 11 is 0. The lowest BCUT2D eigenvalue weighted by Gasteiger charge is -2.20. The average molecular weight is 294 g/mol. The maximum absolute atomic E-state index is 11.1. The van der Waals surface area contributed by atoms with Crippen molar-refractivity contribution < 1.29 is 9.66 Å². The highest BCUT2D eigenvalue weighted by Gasteiger charge is 2.25. The lowest BCUT2D eigenvalue weighted by atomic mass is 10.0. The van der Waals surface area contributed by atoms with E-state index in [0.29, 0.717) is 24.2 Å². The van der Waals surface area contributed by atoms with Crippen LogP contribution in [0.5, 0.6) is 0 Å². The quantitative estimate of drug-likeness (QED) is 0.593. The van der Waals surface area contributed by atoms with Gasteiger partial charge < -0.3 is 15.4 Å². The fraction of sp³-hybridized carbons (Fsp3) is 0.643. The highest BCUT2D eigenvalue weighted by atomic mass is 16.6. The molecule has 0 bridgehead atoms. The molecule has 0 aliphatic carbocycles. The number of rotatable bonds is 7. The Morgan fingerprint density at radius 2 is 2.38 bits per heavy atom. The predicted octanol–water partition coefficient (Wildman–Crippen LogP) is 2.65. The second kappa shape index (κ2) is 7.21. The van der Waals surface area contributed by atoms with E-state index in [0.717, 1.165) is 26.0 Å². The summed E-state index contributed by atoms with van der Waals surface area (Å²) < 4.78 is 5.36. The summed E-state index contributed by atoms with van der Waals surface area (Å²) in [5, 5.41) is 17.5. The molecule has 21 heavy (non-hydrogen) atoms. The maximum atomic E-state index is 11.1. The van der Waals surface area contributed by atoms with Crippen LogP contribution in [0, 0.1) is 16.0 Å². The van der Waals surface area contributed by atoms with E-state index >= 15 is 0 Å². The number of nitrogens with zero attached hydrogens (tertiary/aromatic N) is 2. The zero-order valence-corrected chi connectivity index (χ0v) is 12.5. The number of nitro groups is 1. The molecule has 7 nitrogen and oxygen atoms in total. The Morgan fingerprint density at radius 3 is 3.00 bits per heavy atom. The molecule has 2 rings (SSSR count). The molecule has 1 aliphatic heterocycles. The Kier molecular flexibility index (Phi) is 5.32. The van der Waals surface area contributed by atoms with E-state index in [2.05, 4.69) is 22.5 Å². The van der Waals surface area contributed by atoms with Gasteiger partial charge in [0, 0.05) is 31.2 Å². The van der Waals surface area contributed by atoms with Crippen LogP contribution in [0.2, 0.25) is 0 Å². The maximum Gasteiger partial charge on any atom is 0.311 e. The van der Waals surface area contributed by atoms with Gasteiger partial charge in [0.2, 0.25) is 5.82 Å². The van der Waals surface area contributed by atoms with Crippen LogP contribution in [0.1, 0.15) is 26.7 Å². The van der Waals surface area contributed by atoms with Crippen LogP contribution < -0.4 is 10.6 Å². The molecule has 0 radical (unpaired) electrons. The molecule has 0 saturated carbocycles. The molecule has 1 aromatic heterocycles. The monoisotopic (exact) mass is 294 g/mol. The van der Waals surface area contributed by atoms with E-state index in [1.165, 1.54) is 6.07 Å². The number of anilines is 2. The number of aromatic nitrogens is 1. The molecule has 2 heterocycles. The number of hydrogen-bond donors (Lipinski definition) is 2. The van der Waals surface area contributed by atoms with Crippen molar-refractivity contribution >= 4 is 17.3 Å². The third-order valence-electron chi connectivity index (χ3n) is 3.66. The molecular weight excluding hydrogens is 272 g/mol. The highest BCUT2D eigenvalue weighted by molar-refractivity contribution is 5.60. The van der Waals surface area contributed by atoms with Crippen molar-refractivity contribution in [3.63, 3.8) is 0 Å². The van der Waals surface area contributed by atoms with Gasteiger partial charge in [-0.25, -0.2) is 4.98 Å². The lowest BCUT2D eigenvalue weighted by molar-refractivity contribution is -0.384. The molecule has 1 aromatic rings. The molecule has 0 spiro atoms. The second-order valence-corrected chi connectivity index (χ2v) is 5.30. The Morgan fingerprint density at radius 1 is 1.57 bits per heavy atom. The van der Waals surface area contributed by atoms with Crippen LogP contribution >= 0.6 is 0 Å². The van der Waals surface area contributed by atoms with E-state index in [4.69, 9.17) is 4.74 Å². The van der Waals surface area contributed by atoms with Gasteiger partial charge in [-0.15, -0.1) is 0 Å². The number of nitrogens with one attached hydrogen (secondary N) is 2. The molecule has 7 heteroatoms. The average Bonchev–Trinajstić information content (AvgIpc) is 2.99. The summed E-state index contributed by atoms with van der Waals surface area (Å²) in [5.41, 5.74) is 0.00261. The van der Waals surface area contributed by atoms with Gasteiger partial charge in [0.25, 0.3) is 0 Å². The van der Waals surface area contributed by atoms with Gasteiger partial charge in [-0.1, -0.05) is 6.92 Å². The van der Waals surface area contributed by atoms with Gasteiger partial charge in [-0.3, -0.25) is 10.1 Å². The first-order valence-electron chi connectivity index (χ1n) is 7.35. The first-order chi connectivity index (χ1) is 10.1. The Hall–Kier alpha value is -1.89. The summed E-state index contributed by atoms with van der Waals surface area (Å²) in [6, 6.07) is 3.22. The summed E-state index contributed by atoms with van der Waals surface area (Å²) in [5.74, 6) is 1.33. The smallest absolute Gasteiger partial charge is 0.311 e. The minimum atomic E-state index is -0.406. The first kappa shape index (κ1) is 15.5. The van der Waals surface area contributed by atoms with Gasteiger partial charge >= 0.3 is 5.69 Å². The summed E-state index contributed by atoms with van der Waals surface area (Å²) in [4.78, 5) is 15.1. The Labute approximate surface area is 124 Å². The van der Waals surface area contributed by atoms with Crippen molar-refractivity contribution in [3.05, 3.63) is 22.2 Å². The van der Waals surface area contributed by atoms with E-state index in [-0.39, 0.29) is 11.7 Å². The fourth-order valence-electron chi connectivity index (χ4n) is 2.34. The first-order valence-corrected chi connectivity index (χ1v) is 7.35. The molecule has 2 unspecified atom stereocenters. The van der Waals surface area contributed by atoms with Crippen LogP contribution in [0.25, 0.3) is 0 Å². The predicted molar refractivity (Wildman–Crippen MR) is 81.7 cm³/mol. The molecular formula is C14H22N4O3. The van der Waals surface area contributed by atoms with Crippen LogP contribution in [-0.4, -0.2) is 35.7 Å². The van der Waals surface area contributed by atoms with Crippen LogP contribution in [-0.2, 0) is 4.74 Å². The van der Waals surface area contributed by atoms with Crippen LogP contribution in [0.15, 0.2) is 12.1 Å². The van der Waals surface area contributed by atoms with Crippen molar-refractivity contribution in [1.82, 2.24) is 4.98 Å². The molecule has 1 fully saturated rings. The number of ether oxygens (including phenoxy) is 1. The molecule has 0 amide bonds. The van der Waals surface area contributed by atoms with E-state index in [1.54, 1.807) is 6.07 Å². The molecule has 2 atom stereocenters. The summed E-state index contributed by atoms with van der Waals surface area (Å²) in [7, 11) is 0. The number of hydrogen-bond acceptors (Lipinski definition) is 6. The lowest BCUT2D eigenvalue weighted by Crippen LogP contribution is -2.27. The van der Waals surface area contributed by atoms with E-state index in [9.17, 15) is 10.1 Å². The van der Waals surface area contributed by atoms with Gasteiger partial charge in [0.05, 0.1) is 11.5 Å². The molecule has 1 saturated heterocycles. The summed E-state index contributed by atoms with van der Waals surface area (Å²) in [6.07, 6.45) is 1.94. The van der Waals surface area contributed by atoms with Crippen molar-refractivity contribution in [3.8, 4) is 0 Å². The normalized spacial score (nSPS) is 19.2. The van der Waals surface area contributed by atoms with Gasteiger partial charge in [-0.05, 0) is 25.8 Å². The van der Waals surface area contributed by atoms with E-state index < -0.39 is 4.92 Å². The molecule has 1 aliphatic rings. The van der Waals surface area contributed by atoms with Crippen molar-refractivity contribution in [2.24, 2.45) is 5.92 Å². The standard InChI is InChI=1S/C14H22N4O3/c1-3-7-15-13-5-4-12(18(19)20)14(17-13)16-10(2)11-6-8-21-9-11/h4-5,10-11H,3,6-9H2,1-2H3,(H2,15,16,17).